The normalized spacial score (nSPS) is 25.2. The third-order valence-corrected chi connectivity index (χ3v) is 7.22. The van der Waals surface area contributed by atoms with Gasteiger partial charge in [0.2, 0.25) is 10.0 Å². The first-order valence-corrected chi connectivity index (χ1v) is 10.3. The van der Waals surface area contributed by atoms with Crippen LogP contribution in [0.5, 0.6) is 0 Å². The number of piperidine rings is 1. The molecule has 2 fully saturated rings. The van der Waals surface area contributed by atoms with Gasteiger partial charge in [-0.1, -0.05) is 0 Å². The standard InChI is InChI=1S/C18H26N2O5S/c1-11-8-13(9-14(12(11)2)26(19,23)24)17(22)20-6-4-18(5-7-20)15(21)10-16(18)25-3/h8-9,15-16,21H,4-7,10H2,1-3H3,(H2,19,23,24)/t15-,16+/m0/s1. The summed E-state index contributed by atoms with van der Waals surface area (Å²) >= 11 is 0. The van der Waals surface area contributed by atoms with Crippen molar-refractivity contribution in [3.63, 3.8) is 0 Å². The zero-order valence-corrected chi connectivity index (χ0v) is 16.2. The summed E-state index contributed by atoms with van der Waals surface area (Å²) in [6, 6.07) is 3.06. The van der Waals surface area contributed by atoms with Crippen LogP contribution in [0.3, 0.4) is 0 Å². The third-order valence-electron chi connectivity index (χ3n) is 6.18. The molecule has 0 unspecified atom stereocenters. The van der Waals surface area contributed by atoms with Gasteiger partial charge in [-0.15, -0.1) is 0 Å². The minimum absolute atomic E-state index is 0.0109. The molecular formula is C18H26N2O5S. The first kappa shape index (κ1) is 19.3. The quantitative estimate of drug-likeness (QED) is 0.809. The Labute approximate surface area is 154 Å². The summed E-state index contributed by atoms with van der Waals surface area (Å²) in [7, 11) is -2.24. The van der Waals surface area contributed by atoms with E-state index < -0.39 is 10.0 Å². The second-order valence-corrected chi connectivity index (χ2v) is 8.99. The zero-order valence-electron chi connectivity index (χ0n) is 15.4. The van der Waals surface area contributed by atoms with E-state index in [1.165, 1.54) is 6.07 Å². The lowest BCUT2D eigenvalue weighted by atomic mass is 9.58. The van der Waals surface area contributed by atoms with Crippen molar-refractivity contribution in [3.8, 4) is 0 Å². The molecular weight excluding hydrogens is 356 g/mol. The molecule has 1 saturated carbocycles. The Kier molecular flexibility index (Phi) is 4.89. The third kappa shape index (κ3) is 3.05. The van der Waals surface area contributed by atoms with Gasteiger partial charge in [-0.05, 0) is 49.9 Å². The van der Waals surface area contributed by atoms with Crippen molar-refractivity contribution in [1.29, 1.82) is 0 Å². The fourth-order valence-corrected chi connectivity index (χ4v) is 5.15. The summed E-state index contributed by atoms with van der Waals surface area (Å²) in [6.45, 7) is 4.46. The van der Waals surface area contributed by atoms with Gasteiger partial charge in [-0.2, -0.15) is 0 Å². The fourth-order valence-electron chi connectivity index (χ4n) is 4.27. The average molecular weight is 382 g/mol. The molecule has 3 rings (SSSR count). The molecule has 1 aromatic carbocycles. The lowest BCUT2D eigenvalue weighted by molar-refractivity contribution is -0.199. The van der Waals surface area contributed by atoms with Crippen LogP contribution in [-0.4, -0.2) is 56.7 Å². The number of primary sulfonamides is 1. The summed E-state index contributed by atoms with van der Waals surface area (Å²) in [6.07, 6.45) is 1.63. The summed E-state index contributed by atoms with van der Waals surface area (Å²) in [4.78, 5) is 14.6. The molecule has 0 bridgehead atoms. The van der Waals surface area contributed by atoms with E-state index in [0.717, 1.165) is 0 Å². The predicted octanol–water partition coefficient (Wildman–Crippen LogP) is 0.953. The minimum Gasteiger partial charge on any atom is -0.392 e. The van der Waals surface area contributed by atoms with E-state index in [0.29, 0.717) is 49.0 Å². The van der Waals surface area contributed by atoms with Crippen LogP contribution in [0.15, 0.2) is 17.0 Å². The molecule has 3 N–H and O–H groups in total. The molecule has 26 heavy (non-hydrogen) atoms. The van der Waals surface area contributed by atoms with Crippen LogP contribution < -0.4 is 5.14 Å². The first-order chi connectivity index (χ1) is 12.1. The molecule has 1 spiro atoms. The zero-order chi connectivity index (χ0) is 19.3. The van der Waals surface area contributed by atoms with Gasteiger partial charge in [0.25, 0.3) is 5.91 Å². The Morgan fingerprint density at radius 2 is 1.92 bits per heavy atom. The van der Waals surface area contributed by atoms with E-state index in [4.69, 9.17) is 9.88 Å². The van der Waals surface area contributed by atoms with Gasteiger partial charge in [0.15, 0.2) is 0 Å². The number of nitrogens with two attached hydrogens (primary N) is 1. The van der Waals surface area contributed by atoms with Crippen molar-refractivity contribution in [2.45, 2.75) is 50.2 Å². The maximum absolute atomic E-state index is 12.9. The van der Waals surface area contributed by atoms with E-state index in [2.05, 4.69) is 0 Å². The number of sulfonamides is 1. The highest BCUT2D eigenvalue weighted by Crippen LogP contribution is 2.50. The maximum Gasteiger partial charge on any atom is 0.253 e. The molecule has 2 atom stereocenters. The van der Waals surface area contributed by atoms with Crippen molar-refractivity contribution in [2.24, 2.45) is 10.6 Å². The Morgan fingerprint density at radius 3 is 2.42 bits per heavy atom. The number of aliphatic hydroxyl groups is 1. The molecule has 2 aliphatic rings. The Balaban J connectivity index is 1.80. The highest BCUT2D eigenvalue weighted by molar-refractivity contribution is 7.89. The number of aliphatic hydroxyl groups excluding tert-OH is 1. The van der Waals surface area contributed by atoms with E-state index in [1.807, 2.05) is 0 Å². The van der Waals surface area contributed by atoms with E-state index in [-0.39, 0.29) is 28.4 Å². The fraction of sp³-hybridized carbons (Fsp3) is 0.611. The second-order valence-electron chi connectivity index (χ2n) is 7.46. The molecule has 1 saturated heterocycles. The van der Waals surface area contributed by atoms with Crippen LogP contribution in [-0.2, 0) is 14.8 Å². The lowest BCUT2D eigenvalue weighted by Gasteiger charge is -2.56. The smallest absolute Gasteiger partial charge is 0.253 e. The van der Waals surface area contributed by atoms with Crippen molar-refractivity contribution in [2.75, 3.05) is 20.2 Å². The topological polar surface area (TPSA) is 110 Å². The number of amides is 1. The van der Waals surface area contributed by atoms with Gasteiger partial charge < -0.3 is 14.7 Å². The highest BCUT2D eigenvalue weighted by atomic mass is 32.2. The number of benzene rings is 1. The van der Waals surface area contributed by atoms with Gasteiger partial charge >= 0.3 is 0 Å². The highest BCUT2D eigenvalue weighted by Gasteiger charge is 2.56. The number of hydrogen-bond acceptors (Lipinski definition) is 5. The number of nitrogens with zero attached hydrogens (tertiary/aromatic N) is 1. The van der Waals surface area contributed by atoms with E-state index in [9.17, 15) is 18.3 Å². The molecule has 1 amide bonds. The number of carbonyl (C=O) groups excluding carboxylic acids is 1. The number of carbonyl (C=O) groups is 1. The SMILES string of the molecule is CO[C@@H]1C[C@H](O)C12CCN(C(=O)c1cc(C)c(C)c(S(N)(=O)=O)c1)CC2. The number of ether oxygens (including phenoxy) is 1. The summed E-state index contributed by atoms with van der Waals surface area (Å²) in [5.41, 5.74) is 1.33. The lowest BCUT2D eigenvalue weighted by Crippen LogP contribution is -2.62. The molecule has 1 heterocycles. The van der Waals surface area contributed by atoms with Gasteiger partial charge in [0, 0.05) is 37.6 Å². The molecule has 1 aliphatic heterocycles. The Morgan fingerprint density at radius 1 is 1.31 bits per heavy atom. The molecule has 1 aromatic rings. The number of aryl methyl sites for hydroxylation is 1. The molecule has 144 valence electrons. The summed E-state index contributed by atoms with van der Waals surface area (Å²) in [5.74, 6) is -0.212. The summed E-state index contributed by atoms with van der Waals surface area (Å²) < 4.78 is 29.1. The van der Waals surface area contributed by atoms with E-state index >= 15 is 0 Å². The molecule has 1 aliphatic carbocycles. The van der Waals surface area contributed by atoms with Crippen LogP contribution in [0.25, 0.3) is 0 Å². The van der Waals surface area contributed by atoms with Crippen molar-refractivity contribution < 1.29 is 23.1 Å². The van der Waals surface area contributed by atoms with Gasteiger partial charge in [-0.3, -0.25) is 4.79 Å². The van der Waals surface area contributed by atoms with Gasteiger partial charge in [-0.25, -0.2) is 13.6 Å². The first-order valence-electron chi connectivity index (χ1n) is 8.74. The van der Waals surface area contributed by atoms with Crippen LogP contribution >= 0.6 is 0 Å². The van der Waals surface area contributed by atoms with Crippen LogP contribution in [0.2, 0.25) is 0 Å². The monoisotopic (exact) mass is 382 g/mol. The second kappa shape index (κ2) is 6.60. The Bertz CT molecular complexity index is 828. The van der Waals surface area contributed by atoms with Crippen LogP contribution in [0.4, 0.5) is 0 Å². The largest absolute Gasteiger partial charge is 0.392 e. The van der Waals surface area contributed by atoms with Crippen LogP contribution in [0.1, 0.15) is 40.7 Å². The molecule has 7 nitrogen and oxygen atoms in total. The van der Waals surface area contributed by atoms with Crippen molar-refractivity contribution >= 4 is 15.9 Å². The Hall–Kier alpha value is -1.48. The average Bonchev–Trinajstić information content (AvgIpc) is 2.60. The van der Waals surface area contributed by atoms with Gasteiger partial charge in [0.1, 0.15) is 0 Å². The van der Waals surface area contributed by atoms with E-state index in [1.54, 1.807) is 31.9 Å². The molecule has 0 radical (unpaired) electrons. The minimum atomic E-state index is -3.89. The summed E-state index contributed by atoms with van der Waals surface area (Å²) in [5, 5.41) is 15.5. The van der Waals surface area contributed by atoms with Crippen molar-refractivity contribution in [1.82, 2.24) is 4.90 Å². The van der Waals surface area contributed by atoms with Crippen LogP contribution in [0, 0.1) is 19.3 Å². The number of rotatable bonds is 3. The van der Waals surface area contributed by atoms with Crippen molar-refractivity contribution in [3.05, 3.63) is 28.8 Å². The maximum atomic E-state index is 12.9. The number of methoxy groups -OCH3 is 1. The molecule has 8 heteroatoms. The number of hydrogen-bond donors (Lipinski definition) is 2. The predicted molar refractivity (Wildman–Crippen MR) is 96.3 cm³/mol. The molecule has 0 aromatic heterocycles. The number of likely N-dealkylation sites (tertiary alicyclic amines) is 1. The van der Waals surface area contributed by atoms with Gasteiger partial charge in [0.05, 0.1) is 17.1 Å².